The van der Waals surface area contributed by atoms with E-state index < -0.39 is 5.97 Å². The lowest BCUT2D eigenvalue weighted by Crippen LogP contribution is -2.06. The van der Waals surface area contributed by atoms with E-state index in [2.05, 4.69) is 9.97 Å². The number of fused-ring (bicyclic) bond motifs is 1. The number of carboxylic acid groups (broad SMARTS) is 1. The summed E-state index contributed by atoms with van der Waals surface area (Å²) in [4.78, 5) is 30.0. The van der Waals surface area contributed by atoms with Crippen LogP contribution < -0.4 is 5.43 Å². The van der Waals surface area contributed by atoms with Gasteiger partial charge in [-0.15, -0.1) is 0 Å². The fourth-order valence-electron chi connectivity index (χ4n) is 2.16. The molecular formula is C14H11N3O3. The second-order valence-electron chi connectivity index (χ2n) is 4.43. The molecule has 0 unspecified atom stereocenters. The van der Waals surface area contributed by atoms with E-state index in [4.69, 9.17) is 5.11 Å². The third kappa shape index (κ3) is 1.78. The molecule has 2 heterocycles. The Labute approximate surface area is 113 Å². The third-order valence-corrected chi connectivity index (χ3v) is 3.19. The number of nitrogens with one attached hydrogen (secondary N) is 1. The van der Waals surface area contributed by atoms with Gasteiger partial charge in [-0.1, -0.05) is 0 Å². The summed E-state index contributed by atoms with van der Waals surface area (Å²) in [6, 6.07) is 6.13. The molecule has 0 amide bonds. The van der Waals surface area contributed by atoms with Gasteiger partial charge in [-0.3, -0.25) is 4.79 Å². The number of imidazole rings is 1. The van der Waals surface area contributed by atoms with Crippen LogP contribution in [-0.4, -0.2) is 25.6 Å². The third-order valence-electron chi connectivity index (χ3n) is 3.19. The van der Waals surface area contributed by atoms with Crippen LogP contribution in [0.3, 0.4) is 0 Å². The van der Waals surface area contributed by atoms with E-state index in [-0.39, 0.29) is 11.0 Å². The number of benzene rings is 1. The van der Waals surface area contributed by atoms with Crippen molar-refractivity contribution < 1.29 is 9.90 Å². The molecule has 3 rings (SSSR count). The highest BCUT2D eigenvalue weighted by Crippen LogP contribution is 2.22. The molecule has 0 spiro atoms. The highest BCUT2D eigenvalue weighted by molar-refractivity contribution is 5.93. The van der Waals surface area contributed by atoms with E-state index in [1.807, 2.05) is 0 Å². The number of rotatable bonds is 2. The van der Waals surface area contributed by atoms with E-state index in [0.717, 1.165) is 5.52 Å². The Morgan fingerprint density at radius 1 is 1.35 bits per heavy atom. The zero-order valence-electron chi connectivity index (χ0n) is 10.6. The molecule has 2 N–H and O–H groups in total. The molecule has 20 heavy (non-hydrogen) atoms. The first-order chi connectivity index (χ1) is 9.58. The molecule has 6 heteroatoms. The molecule has 0 saturated carbocycles. The van der Waals surface area contributed by atoms with Gasteiger partial charge in [0.1, 0.15) is 5.82 Å². The zero-order valence-corrected chi connectivity index (χ0v) is 10.6. The van der Waals surface area contributed by atoms with Gasteiger partial charge in [0, 0.05) is 25.5 Å². The normalized spacial score (nSPS) is 10.8. The van der Waals surface area contributed by atoms with Gasteiger partial charge in [-0.05, 0) is 18.2 Å². The molecule has 0 bridgehead atoms. The molecule has 3 aromatic rings. The standard InChI is InChI=1S/C14H11N3O3/c1-17-11-3-2-8(14(19)20)6-10(11)16-13(17)9-7-15-5-4-12(9)18/h2-7H,1H3,(H,15,18)(H,19,20). The average molecular weight is 269 g/mol. The van der Waals surface area contributed by atoms with Crippen LogP contribution >= 0.6 is 0 Å². The number of carboxylic acids is 1. The fraction of sp³-hybridized carbons (Fsp3) is 0.0714. The first-order valence-corrected chi connectivity index (χ1v) is 5.95. The number of aromatic amines is 1. The van der Waals surface area contributed by atoms with Crippen LogP contribution in [-0.2, 0) is 7.05 Å². The summed E-state index contributed by atoms with van der Waals surface area (Å²) in [5.41, 5.74) is 1.80. The Kier molecular flexibility index (Phi) is 2.64. The Hall–Kier alpha value is -2.89. The number of H-pyrrole nitrogens is 1. The minimum Gasteiger partial charge on any atom is -0.478 e. The van der Waals surface area contributed by atoms with Crippen molar-refractivity contribution in [3.63, 3.8) is 0 Å². The van der Waals surface area contributed by atoms with E-state index in [9.17, 15) is 9.59 Å². The zero-order chi connectivity index (χ0) is 14.3. The van der Waals surface area contributed by atoms with Crippen molar-refractivity contribution in [3.05, 3.63) is 52.4 Å². The summed E-state index contributed by atoms with van der Waals surface area (Å²) in [6.45, 7) is 0. The van der Waals surface area contributed by atoms with Crippen molar-refractivity contribution in [2.24, 2.45) is 7.05 Å². The summed E-state index contributed by atoms with van der Waals surface area (Å²) in [7, 11) is 1.79. The Balaban J connectivity index is 2.28. The quantitative estimate of drug-likeness (QED) is 0.740. The van der Waals surface area contributed by atoms with Crippen LogP contribution in [0.25, 0.3) is 22.4 Å². The molecule has 0 atom stereocenters. The largest absolute Gasteiger partial charge is 0.478 e. The second-order valence-corrected chi connectivity index (χ2v) is 4.43. The van der Waals surface area contributed by atoms with Gasteiger partial charge in [0.15, 0.2) is 5.43 Å². The lowest BCUT2D eigenvalue weighted by atomic mass is 10.2. The highest BCUT2D eigenvalue weighted by atomic mass is 16.4. The molecule has 0 aliphatic carbocycles. The Bertz CT molecular complexity index is 877. The van der Waals surface area contributed by atoms with Crippen LogP contribution in [0.2, 0.25) is 0 Å². The number of hydrogen-bond acceptors (Lipinski definition) is 3. The van der Waals surface area contributed by atoms with Gasteiger partial charge in [0.25, 0.3) is 0 Å². The van der Waals surface area contributed by atoms with Gasteiger partial charge in [0.05, 0.1) is 22.2 Å². The molecule has 0 radical (unpaired) electrons. The second kappa shape index (κ2) is 4.34. The number of aromatic nitrogens is 3. The lowest BCUT2D eigenvalue weighted by Gasteiger charge is -2.01. The fourth-order valence-corrected chi connectivity index (χ4v) is 2.16. The average Bonchev–Trinajstić information content (AvgIpc) is 2.76. The number of nitrogens with zero attached hydrogens (tertiary/aromatic N) is 2. The molecule has 0 aliphatic rings. The minimum atomic E-state index is -1.00. The van der Waals surface area contributed by atoms with Crippen LogP contribution in [0.5, 0.6) is 0 Å². The topological polar surface area (TPSA) is 88.0 Å². The lowest BCUT2D eigenvalue weighted by molar-refractivity contribution is 0.0697. The number of aromatic carboxylic acids is 1. The smallest absolute Gasteiger partial charge is 0.335 e. The maximum atomic E-state index is 11.9. The summed E-state index contributed by atoms with van der Waals surface area (Å²) < 4.78 is 1.77. The van der Waals surface area contributed by atoms with E-state index in [0.29, 0.717) is 16.9 Å². The number of aryl methyl sites for hydroxylation is 1. The predicted octanol–water partition coefficient (Wildman–Crippen LogP) is 1.63. The molecule has 1 aromatic carbocycles. The van der Waals surface area contributed by atoms with Crippen molar-refractivity contribution in [1.29, 1.82) is 0 Å². The number of carbonyl (C=O) groups is 1. The first kappa shape index (κ1) is 12.2. The summed E-state index contributed by atoms with van der Waals surface area (Å²) in [6.07, 6.45) is 3.14. The highest BCUT2D eigenvalue weighted by Gasteiger charge is 2.14. The van der Waals surface area contributed by atoms with Crippen molar-refractivity contribution in [3.8, 4) is 11.4 Å². The first-order valence-electron chi connectivity index (χ1n) is 5.95. The van der Waals surface area contributed by atoms with Crippen LogP contribution in [0.4, 0.5) is 0 Å². The predicted molar refractivity (Wildman–Crippen MR) is 73.7 cm³/mol. The monoisotopic (exact) mass is 269 g/mol. The Morgan fingerprint density at radius 2 is 2.15 bits per heavy atom. The van der Waals surface area contributed by atoms with Gasteiger partial charge in [-0.2, -0.15) is 0 Å². The van der Waals surface area contributed by atoms with Crippen molar-refractivity contribution in [1.82, 2.24) is 14.5 Å². The molecule has 2 aromatic heterocycles. The van der Waals surface area contributed by atoms with Crippen molar-refractivity contribution >= 4 is 17.0 Å². The SMILES string of the molecule is Cn1c(-c2c[nH]ccc2=O)nc2cc(C(=O)O)ccc21. The molecule has 100 valence electrons. The van der Waals surface area contributed by atoms with Crippen molar-refractivity contribution in [2.75, 3.05) is 0 Å². The van der Waals surface area contributed by atoms with Crippen LogP contribution in [0.1, 0.15) is 10.4 Å². The molecule has 0 saturated heterocycles. The van der Waals surface area contributed by atoms with E-state index in [1.54, 1.807) is 30.1 Å². The van der Waals surface area contributed by atoms with Crippen LogP contribution in [0, 0.1) is 0 Å². The maximum absolute atomic E-state index is 11.9. The molecule has 6 nitrogen and oxygen atoms in total. The summed E-state index contributed by atoms with van der Waals surface area (Å²) in [5.74, 6) is -0.499. The minimum absolute atomic E-state index is 0.138. The van der Waals surface area contributed by atoms with Crippen molar-refractivity contribution in [2.45, 2.75) is 0 Å². The van der Waals surface area contributed by atoms with Gasteiger partial charge in [-0.25, -0.2) is 9.78 Å². The molecule has 0 fully saturated rings. The maximum Gasteiger partial charge on any atom is 0.335 e. The molecular weight excluding hydrogens is 258 g/mol. The van der Waals surface area contributed by atoms with Gasteiger partial charge >= 0.3 is 5.97 Å². The van der Waals surface area contributed by atoms with Gasteiger partial charge < -0.3 is 14.7 Å². The van der Waals surface area contributed by atoms with E-state index >= 15 is 0 Å². The van der Waals surface area contributed by atoms with Gasteiger partial charge in [0.2, 0.25) is 0 Å². The Morgan fingerprint density at radius 3 is 2.85 bits per heavy atom. The summed E-state index contributed by atoms with van der Waals surface area (Å²) >= 11 is 0. The van der Waals surface area contributed by atoms with Crippen LogP contribution in [0.15, 0.2) is 41.5 Å². The number of hydrogen-bond donors (Lipinski definition) is 2. The number of pyridine rings is 1. The van der Waals surface area contributed by atoms with E-state index in [1.165, 1.54) is 18.2 Å². The molecule has 0 aliphatic heterocycles. The summed E-state index contributed by atoms with van der Waals surface area (Å²) in [5, 5.41) is 8.99.